The Morgan fingerprint density at radius 3 is 1.09 bits per heavy atom. The molecule has 2 heterocycles. The van der Waals surface area contributed by atoms with E-state index < -0.39 is 0 Å². The first-order chi connectivity index (χ1) is 25.0. The first-order valence-electron chi connectivity index (χ1n) is 21.5. The van der Waals surface area contributed by atoms with Crippen molar-refractivity contribution in [2.75, 3.05) is 39.3 Å². The smallest absolute Gasteiger partial charge is 0.399 e. The minimum atomic E-state index is -0.384. The maximum atomic E-state index is 6.64. The van der Waals surface area contributed by atoms with Crippen LogP contribution < -0.4 is 10.9 Å². The average molecular weight is 729 g/mol. The van der Waals surface area contributed by atoms with E-state index in [0.29, 0.717) is 0 Å². The van der Waals surface area contributed by atoms with Crippen LogP contribution in [-0.4, -0.2) is 85.7 Å². The second kappa shape index (κ2) is 17.2. The minimum Gasteiger partial charge on any atom is -0.399 e. The van der Waals surface area contributed by atoms with Crippen molar-refractivity contribution in [2.45, 2.75) is 175 Å². The summed E-state index contributed by atoms with van der Waals surface area (Å²) in [6.07, 6.45) is 12.3. The molecule has 0 amide bonds. The van der Waals surface area contributed by atoms with Crippen molar-refractivity contribution in [3.8, 4) is 11.1 Å². The maximum absolute atomic E-state index is 6.64. The summed E-state index contributed by atoms with van der Waals surface area (Å²) < 4.78 is 26.6. The third-order valence-corrected chi connectivity index (χ3v) is 13.9. The zero-order valence-electron chi connectivity index (χ0n) is 36.0. The van der Waals surface area contributed by atoms with Crippen LogP contribution >= 0.6 is 0 Å². The molecule has 5 rings (SSSR count). The van der Waals surface area contributed by atoms with E-state index in [9.17, 15) is 0 Å². The molecule has 8 heteroatoms. The highest BCUT2D eigenvalue weighted by Gasteiger charge is 2.54. The summed E-state index contributed by atoms with van der Waals surface area (Å²) in [5.41, 5.74) is 6.27. The zero-order valence-corrected chi connectivity index (χ0v) is 36.0. The molecule has 0 atom stereocenters. The van der Waals surface area contributed by atoms with Crippen molar-refractivity contribution < 1.29 is 18.6 Å². The van der Waals surface area contributed by atoms with Gasteiger partial charge in [0, 0.05) is 5.41 Å². The van der Waals surface area contributed by atoms with Crippen molar-refractivity contribution >= 4 is 25.2 Å². The van der Waals surface area contributed by atoms with Crippen LogP contribution in [0.5, 0.6) is 0 Å². The lowest BCUT2D eigenvalue weighted by molar-refractivity contribution is 0.00578. The number of benzene rings is 2. The molecule has 1 aliphatic carbocycles. The van der Waals surface area contributed by atoms with Gasteiger partial charge in [-0.05, 0) is 154 Å². The molecular formula is C45H74B2N2O4. The molecule has 0 unspecified atom stereocenters. The molecule has 0 aromatic heterocycles. The van der Waals surface area contributed by atoms with Gasteiger partial charge in [-0.25, -0.2) is 0 Å². The highest BCUT2D eigenvalue weighted by Crippen LogP contribution is 2.54. The molecular weight excluding hydrogens is 654 g/mol. The Balaban J connectivity index is 1.50. The van der Waals surface area contributed by atoms with Gasteiger partial charge in [0.25, 0.3) is 0 Å². The van der Waals surface area contributed by atoms with E-state index in [2.05, 4.69) is 129 Å². The molecule has 3 aliphatic rings. The number of rotatable bonds is 20. The molecule has 2 aromatic rings. The Morgan fingerprint density at radius 1 is 0.453 bits per heavy atom. The molecule has 2 fully saturated rings. The summed E-state index contributed by atoms with van der Waals surface area (Å²) in [6.45, 7) is 33.3. The predicted molar refractivity (Wildman–Crippen MR) is 226 cm³/mol. The average Bonchev–Trinajstić information content (AvgIpc) is 3.61. The fourth-order valence-corrected chi connectivity index (χ4v) is 8.76. The Bertz CT molecular complexity index is 1360. The topological polar surface area (TPSA) is 43.4 Å². The molecule has 0 spiro atoms. The van der Waals surface area contributed by atoms with Crippen LogP contribution in [0, 0.1) is 0 Å². The van der Waals surface area contributed by atoms with Crippen LogP contribution in [0.4, 0.5) is 0 Å². The highest BCUT2D eigenvalue weighted by molar-refractivity contribution is 6.62. The van der Waals surface area contributed by atoms with Gasteiger partial charge in [-0.2, -0.15) is 0 Å². The lowest BCUT2D eigenvalue weighted by atomic mass is 9.67. The minimum absolute atomic E-state index is 0.0955. The van der Waals surface area contributed by atoms with Gasteiger partial charge in [0.15, 0.2) is 0 Å². The highest BCUT2D eigenvalue weighted by atomic mass is 16.7. The SMILES string of the molecule is CCN(CC)CCCCCCC1(CCCCCCN(CC)CC)c2cc(B3OC(C)(C)C(C)(C)O3)ccc2-c2ccc(B3OC(C)(C)C(C)(C)O3)cc21. The molecule has 0 N–H and O–H groups in total. The van der Waals surface area contributed by atoms with E-state index in [4.69, 9.17) is 18.6 Å². The van der Waals surface area contributed by atoms with Crippen molar-refractivity contribution in [3.63, 3.8) is 0 Å². The first kappa shape index (κ1) is 42.5. The van der Waals surface area contributed by atoms with E-state index >= 15 is 0 Å². The number of unbranched alkanes of at least 4 members (excludes halogenated alkanes) is 6. The Hall–Kier alpha value is -1.67. The molecule has 2 aromatic carbocycles. The van der Waals surface area contributed by atoms with Gasteiger partial charge in [-0.1, -0.05) is 103 Å². The van der Waals surface area contributed by atoms with Gasteiger partial charge in [0.2, 0.25) is 0 Å². The van der Waals surface area contributed by atoms with Gasteiger partial charge in [-0.3, -0.25) is 0 Å². The van der Waals surface area contributed by atoms with E-state index in [1.807, 2.05) is 0 Å². The van der Waals surface area contributed by atoms with E-state index in [1.165, 1.54) is 86.7 Å². The van der Waals surface area contributed by atoms with Crippen LogP contribution in [0.2, 0.25) is 0 Å². The molecule has 294 valence electrons. The number of hydrogen-bond donors (Lipinski definition) is 0. The fraction of sp³-hybridized carbons (Fsp3) is 0.733. The third kappa shape index (κ3) is 8.99. The Kier molecular flexibility index (Phi) is 13.8. The summed E-state index contributed by atoms with van der Waals surface area (Å²) in [5, 5.41) is 0. The van der Waals surface area contributed by atoms with Crippen molar-refractivity contribution in [1.82, 2.24) is 9.80 Å². The lowest BCUT2D eigenvalue weighted by Gasteiger charge is -2.34. The molecule has 0 bridgehead atoms. The standard InChI is InChI=1S/C45H74B2N2O4/c1-13-48(14-2)31-23-19-17-21-29-45(30-22-18-20-24-32-49(15-3)16-4)39-33-35(46-50-41(5,6)42(7,8)51-46)25-27-37(39)38-28-26-36(34-40(38)45)47-52-43(9,10)44(11,12)53-47/h25-28,33-34H,13-24,29-32H2,1-12H3. The van der Waals surface area contributed by atoms with Gasteiger partial charge in [0.1, 0.15) is 0 Å². The van der Waals surface area contributed by atoms with E-state index in [0.717, 1.165) is 49.9 Å². The number of fused-ring (bicyclic) bond motifs is 3. The summed E-state index contributed by atoms with van der Waals surface area (Å²) in [7, 11) is -0.764. The molecule has 0 radical (unpaired) electrons. The van der Waals surface area contributed by atoms with Gasteiger partial charge < -0.3 is 28.4 Å². The van der Waals surface area contributed by atoms with Crippen LogP contribution in [0.15, 0.2) is 36.4 Å². The van der Waals surface area contributed by atoms with Gasteiger partial charge >= 0.3 is 14.2 Å². The summed E-state index contributed by atoms with van der Waals surface area (Å²) in [5.74, 6) is 0. The van der Waals surface area contributed by atoms with Crippen LogP contribution in [0.3, 0.4) is 0 Å². The summed E-state index contributed by atoms with van der Waals surface area (Å²) in [6, 6.07) is 14.2. The number of nitrogens with zero attached hydrogens (tertiary/aromatic N) is 2. The maximum Gasteiger partial charge on any atom is 0.494 e. The normalized spacial score (nSPS) is 20.5. The van der Waals surface area contributed by atoms with Crippen molar-refractivity contribution in [1.29, 1.82) is 0 Å². The molecule has 6 nitrogen and oxygen atoms in total. The molecule has 2 saturated heterocycles. The van der Waals surface area contributed by atoms with Crippen molar-refractivity contribution in [3.05, 3.63) is 47.5 Å². The zero-order chi connectivity index (χ0) is 38.7. The number of hydrogen-bond acceptors (Lipinski definition) is 6. The Labute approximate surface area is 325 Å². The fourth-order valence-electron chi connectivity index (χ4n) is 8.76. The quantitative estimate of drug-likeness (QED) is 0.100. The molecule has 0 saturated carbocycles. The van der Waals surface area contributed by atoms with E-state index in [-0.39, 0.29) is 42.1 Å². The van der Waals surface area contributed by atoms with Crippen LogP contribution in [0.25, 0.3) is 11.1 Å². The largest absolute Gasteiger partial charge is 0.494 e. The summed E-state index contributed by atoms with van der Waals surface area (Å²) in [4.78, 5) is 5.11. The van der Waals surface area contributed by atoms with Gasteiger partial charge in [0.05, 0.1) is 22.4 Å². The lowest BCUT2D eigenvalue weighted by Crippen LogP contribution is -2.41. The monoisotopic (exact) mass is 729 g/mol. The molecule has 53 heavy (non-hydrogen) atoms. The molecule has 2 aliphatic heterocycles. The van der Waals surface area contributed by atoms with Crippen LogP contribution in [-0.2, 0) is 24.0 Å². The second-order valence-electron chi connectivity index (χ2n) is 18.3. The summed E-state index contributed by atoms with van der Waals surface area (Å²) >= 11 is 0. The van der Waals surface area contributed by atoms with Crippen LogP contribution in [0.1, 0.15) is 158 Å². The first-order valence-corrected chi connectivity index (χ1v) is 21.5. The van der Waals surface area contributed by atoms with Crippen molar-refractivity contribution in [2.24, 2.45) is 0 Å². The predicted octanol–water partition coefficient (Wildman–Crippen LogP) is 9.14. The van der Waals surface area contributed by atoms with E-state index in [1.54, 1.807) is 0 Å². The third-order valence-electron chi connectivity index (χ3n) is 13.9. The Morgan fingerprint density at radius 2 is 0.774 bits per heavy atom. The second-order valence-corrected chi connectivity index (χ2v) is 18.3. The van der Waals surface area contributed by atoms with Gasteiger partial charge in [-0.15, -0.1) is 0 Å².